The van der Waals surface area contributed by atoms with E-state index in [1.54, 1.807) is 0 Å². The molecule has 2 heterocycles. The van der Waals surface area contributed by atoms with Crippen LogP contribution in [0.3, 0.4) is 0 Å². The molecule has 4 heteroatoms. The van der Waals surface area contributed by atoms with Gasteiger partial charge in [-0.3, -0.25) is 4.90 Å². The maximum absolute atomic E-state index is 9.13. The molecule has 1 fully saturated rings. The molecule has 2 rings (SSSR count). The average Bonchev–Trinajstić information content (AvgIpc) is 2.94. The van der Waals surface area contributed by atoms with Crippen molar-refractivity contribution in [3.05, 3.63) is 16.8 Å². The van der Waals surface area contributed by atoms with Gasteiger partial charge < -0.3 is 10.3 Å². The van der Waals surface area contributed by atoms with Gasteiger partial charge in [0.15, 0.2) is 0 Å². The summed E-state index contributed by atoms with van der Waals surface area (Å²) < 4.78 is 2.09. The number of hydrogen-bond donors (Lipinski definition) is 1. The van der Waals surface area contributed by atoms with Crippen molar-refractivity contribution >= 4 is 5.82 Å². The van der Waals surface area contributed by atoms with Gasteiger partial charge in [-0.1, -0.05) is 0 Å². The first kappa shape index (κ1) is 13.0. The van der Waals surface area contributed by atoms with Gasteiger partial charge >= 0.3 is 0 Å². The van der Waals surface area contributed by atoms with E-state index in [9.17, 15) is 0 Å². The van der Waals surface area contributed by atoms with Crippen molar-refractivity contribution in [2.24, 2.45) is 0 Å². The Balaban J connectivity index is 2.21. The van der Waals surface area contributed by atoms with Crippen LogP contribution in [0.5, 0.6) is 0 Å². The molecule has 1 atom stereocenters. The van der Waals surface area contributed by atoms with Crippen LogP contribution in [0.1, 0.15) is 36.6 Å². The van der Waals surface area contributed by atoms with Gasteiger partial charge in [-0.05, 0) is 52.3 Å². The molecule has 4 nitrogen and oxygen atoms in total. The van der Waals surface area contributed by atoms with Gasteiger partial charge in [-0.15, -0.1) is 0 Å². The van der Waals surface area contributed by atoms with E-state index < -0.39 is 0 Å². The van der Waals surface area contributed by atoms with Crippen molar-refractivity contribution in [2.75, 3.05) is 18.8 Å². The van der Waals surface area contributed by atoms with E-state index in [0.29, 0.717) is 17.4 Å². The standard InChI is InChI=1S/C14H22N4/c1-10(17-6-4-5-7-17)9-18-12(3)11(2)13(8-15)14(18)16/h10H,4-7,9,16H2,1-3H3. The monoisotopic (exact) mass is 246 g/mol. The quantitative estimate of drug-likeness (QED) is 0.888. The lowest BCUT2D eigenvalue weighted by Crippen LogP contribution is -2.34. The smallest absolute Gasteiger partial charge is 0.122 e. The summed E-state index contributed by atoms with van der Waals surface area (Å²) in [5, 5.41) is 9.13. The lowest BCUT2D eigenvalue weighted by atomic mass is 10.2. The Morgan fingerprint density at radius 3 is 2.44 bits per heavy atom. The van der Waals surface area contributed by atoms with Gasteiger partial charge in [-0.2, -0.15) is 5.26 Å². The van der Waals surface area contributed by atoms with Gasteiger partial charge in [0.2, 0.25) is 0 Å². The molecule has 0 spiro atoms. The largest absolute Gasteiger partial charge is 0.384 e. The number of rotatable bonds is 3. The molecule has 1 aromatic rings. The van der Waals surface area contributed by atoms with Crippen molar-refractivity contribution in [2.45, 2.75) is 46.2 Å². The maximum atomic E-state index is 9.13. The molecule has 0 radical (unpaired) electrons. The molecule has 1 saturated heterocycles. The van der Waals surface area contributed by atoms with Crippen LogP contribution in [0.4, 0.5) is 5.82 Å². The predicted molar refractivity (Wildman–Crippen MR) is 73.3 cm³/mol. The van der Waals surface area contributed by atoms with Gasteiger partial charge in [0, 0.05) is 18.3 Å². The highest BCUT2D eigenvalue weighted by Gasteiger charge is 2.21. The molecule has 98 valence electrons. The van der Waals surface area contributed by atoms with E-state index in [1.165, 1.54) is 25.9 Å². The third kappa shape index (κ3) is 2.11. The minimum atomic E-state index is 0.479. The molecule has 2 N–H and O–H groups in total. The Morgan fingerprint density at radius 1 is 1.33 bits per heavy atom. The second-order valence-electron chi connectivity index (χ2n) is 5.29. The van der Waals surface area contributed by atoms with Gasteiger partial charge in [0.1, 0.15) is 11.9 Å². The van der Waals surface area contributed by atoms with Crippen LogP contribution in [0, 0.1) is 25.2 Å². The predicted octanol–water partition coefficient (Wildman–Crippen LogP) is 2.04. The fourth-order valence-corrected chi connectivity index (χ4v) is 2.83. The highest BCUT2D eigenvalue weighted by atomic mass is 15.2. The van der Waals surface area contributed by atoms with E-state index in [-0.39, 0.29) is 0 Å². The van der Waals surface area contributed by atoms with Crippen LogP contribution in [0.2, 0.25) is 0 Å². The molecule has 0 aliphatic carbocycles. The zero-order chi connectivity index (χ0) is 13.3. The van der Waals surface area contributed by atoms with Crippen molar-refractivity contribution in [3.63, 3.8) is 0 Å². The number of aromatic nitrogens is 1. The summed E-state index contributed by atoms with van der Waals surface area (Å²) in [6.07, 6.45) is 2.60. The first-order chi connectivity index (χ1) is 8.56. The normalized spacial score (nSPS) is 17.9. The van der Waals surface area contributed by atoms with Crippen LogP contribution in [-0.4, -0.2) is 28.6 Å². The molecule has 1 aromatic heterocycles. The minimum Gasteiger partial charge on any atom is -0.384 e. The van der Waals surface area contributed by atoms with Crippen LogP contribution < -0.4 is 5.73 Å². The number of nitrogens with zero attached hydrogens (tertiary/aromatic N) is 3. The van der Waals surface area contributed by atoms with Crippen molar-refractivity contribution in [1.82, 2.24) is 9.47 Å². The van der Waals surface area contributed by atoms with E-state index >= 15 is 0 Å². The third-order valence-electron chi connectivity index (χ3n) is 4.19. The Morgan fingerprint density at radius 2 is 1.94 bits per heavy atom. The van der Waals surface area contributed by atoms with Gasteiger partial charge in [0.25, 0.3) is 0 Å². The van der Waals surface area contributed by atoms with Gasteiger partial charge in [0.05, 0.1) is 5.56 Å². The van der Waals surface area contributed by atoms with Crippen LogP contribution in [-0.2, 0) is 6.54 Å². The zero-order valence-electron chi connectivity index (χ0n) is 11.5. The number of anilines is 1. The first-order valence-electron chi connectivity index (χ1n) is 6.65. The fourth-order valence-electron chi connectivity index (χ4n) is 2.83. The number of nitrogen functional groups attached to an aromatic ring is 1. The molecule has 1 unspecified atom stereocenters. The van der Waals surface area contributed by atoms with Crippen molar-refractivity contribution < 1.29 is 0 Å². The summed E-state index contributed by atoms with van der Waals surface area (Å²) in [5.74, 6) is 0.624. The second-order valence-corrected chi connectivity index (χ2v) is 5.29. The molecular weight excluding hydrogens is 224 g/mol. The Hall–Kier alpha value is -1.47. The number of likely N-dealkylation sites (tertiary alicyclic amines) is 1. The molecule has 0 amide bonds. The Kier molecular flexibility index (Phi) is 3.63. The molecule has 0 bridgehead atoms. The molecule has 0 saturated carbocycles. The van der Waals surface area contributed by atoms with E-state index in [0.717, 1.165) is 17.8 Å². The van der Waals surface area contributed by atoms with Crippen LogP contribution >= 0.6 is 0 Å². The van der Waals surface area contributed by atoms with Crippen LogP contribution in [0.25, 0.3) is 0 Å². The van der Waals surface area contributed by atoms with E-state index in [4.69, 9.17) is 11.0 Å². The third-order valence-corrected chi connectivity index (χ3v) is 4.19. The molecule has 1 aliphatic rings. The number of nitriles is 1. The highest BCUT2D eigenvalue weighted by Crippen LogP contribution is 2.24. The highest BCUT2D eigenvalue weighted by molar-refractivity contribution is 5.57. The number of nitrogens with two attached hydrogens (primary N) is 1. The van der Waals surface area contributed by atoms with Crippen molar-refractivity contribution in [3.8, 4) is 6.07 Å². The van der Waals surface area contributed by atoms with Crippen molar-refractivity contribution in [1.29, 1.82) is 5.26 Å². The summed E-state index contributed by atoms with van der Waals surface area (Å²) in [6.45, 7) is 9.51. The molecule has 1 aliphatic heterocycles. The molecular formula is C14H22N4. The Labute approximate surface area is 109 Å². The minimum absolute atomic E-state index is 0.479. The van der Waals surface area contributed by atoms with E-state index in [2.05, 4.69) is 22.5 Å². The topological polar surface area (TPSA) is 58.0 Å². The molecule has 0 aromatic carbocycles. The van der Waals surface area contributed by atoms with Crippen LogP contribution in [0.15, 0.2) is 0 Å². The molecule has 18 heavy (non-hydrogen) atoms. The average molecular weight is 246 g/mol. The second kappa shape index (κ2) is 5.03. The summed E-state index contributed by atoms with van der Waals surface area (Å²) in [5.41, 5.74) is 8.86. The Bertz CT molecular complexity index is 475. The summed E-state index contributed by atoms with van der Waals surface area (Å²) in [7, 11) is 0. The lowest BCUT2D eigenvalue weighted by Gasteiger charge is -2.25. The zero-order valence-corrected chi connectivity index (χ0v) is 11.5. The van der Waals surface area contributed by atoms with Gasteiger partial charge in [-0.25, -0.2) is 0 Å². The summed E-state index contributed by atoms with van der Waals surface area (Å²) >= 11 is 0. The summed E-state index contributed by atoms with van der Waals surface area (Å²) in [6, 6.07) is 2.69. The maximum Gasteiger partial charge on any atom is 0.122 e. The number of hydrogen-bond acceptors (Lipinski definition) is 3. The fraction of sp³-hybridized carbons (Fsp3) is 0.643. The SMILES string of the molecule is Cc1c(C#N)c(N)n(CC(C)N2CCCC2)c1C. The summed E-state index contributed by atoms with van der Waals surface area (Å²) in [4.78, 5) is 2.50. The lowest BCUT2D eigenvalue weighted by molar-refractivity contribution is 0.236. The van der Waals surface area contributed by atoms with E-state index in [1.807, 2.05) is 13.8 Å². The first-order valence-corrected chi connectivity index (χ1v) is 6.65.